The van der Waals surface area contributed by atoms with E-state index in [1.54, 1.807) is 24.3 Å². The SMILES string of the molecule is CCC1(CC)c2cc(F)ccc2-c2ccc(N(c3ccc4c(c3)C(CC)(CC)c3cc(F)ccc3-4)c3ccc4cc(C#C[Si](C)(C)C)ccc4c3)cc21. The minimum atomic E-state index is -1.51. The Balaban J connectivity index is 1.33. The summed E-state index contributed by atoms with van der Waals surface area (Å²) in [7, 11) is -1.51. The lowest BCUT2D eigenvalue weighted by Gasteiger charge is -2.33. The van der Waals surface area contributed by atoms with Crippen LogP contribution in [0.3, 0.4) is 0 Å². The number of rotatable bonds is 7. The van der Waals surface area contributed by atoms with Gasteiger partial charge in [-0.3, -0.25) is 0 Å². The summed E-state index contributed by atoms with van der Waals surface area (Å²) in [5, 5.41) is 2.30. The molecule has 53 heavy (non-hydrogen) atoms. The third-order valence-electron chi connectivity index (χ3n) is 12.2. The average Bonchev–Trinajstić information content (AvgIpc) is 3.59. The predicted octanol–water partition coefficient (Wildman–Crippen LogP) is 14.0. The number of anilines is 3. The van der Waals surface area contributed by atoms with Crippen molar-refractivity contribution in [3.05, 3.63) is 149 Å². The van der Waals surface area contributed by atoms with Gasteiger partial charge in [-0.15, -0.1) is 5.54 Å². The molecule has 0 unspecified atom stereocenters. The summed E-state index contributed by atoms with van der Waals surface area (Å²) in [6.07, 6.45) is 3.49. The van der Waals surface area contributed by atoms with E-state index in [4.69, 9.17) is 0 Å². The molecule has 0 saturated heterocycles. The van der Waals surface area contributed by atoms with Gasteiger partial charge in [0.25, 0.3) is 0 Å². The molecule has 0 N–H and O–H groups in total. The number of fused-ring (bicyclic) bond motifs is 7. The number of nitrogens with zero attached hydrogens (tertiary/aromatic N) is 1. The van der Waals surface area contributed by atoms with Crippen LogP contribution in [0.15, 0.2) is 109 Å². The predicted molar refractivity (Wildman–Crippen MR) is 222 cm³/mol. The fourth-order valence-corrected chi connectivity index (χ4v) is 9.89. The molecule has 266 valence electrons. The van der Waals surface area contributed by atoms with E-state index in [1.807, 2.05) is 12.1 Å². The van der Waals surface area contributed by atoms with E-state index in [-0.39, 0.29) is 22.5 Å². The standard InChI is InChI=1S/C49H47F2NSi/c1-8-48(9-2)44-28-35(50)15-20-40(44)42-22-18-38(30-46(42)48)52(37-17-14-33-26-32(12-13-34(33)27-37)24-25-53(5,6)7)39-19-23-43-41-21-16-36(51)29-45(41)49(10-3,11-4)47(43)31-39/h12-23,26-31H,8-11H2,1-7H3. The van der Waals surface area contributed by atoms with E-state index in [9.17, 15) is 8.78 Å². The Morgan fingerprint density at radius 1 is 0.491 bits per heavy atom. The van der Waals surface area contributed by atoms with Crippen molar-refractivity contribution in [2.45, 2.75) is 83.8 Å². The van der Waals surface area contributed by atoms with Crippen molar-refractivity contribution in [1.29, 1.82) is 0 Å². The van der Waals surface area contributed by atoms with Gasteiger partial charge in [-0.05, 0) is 154 Å². The van der Waals surface area contributed by atoms with Crippen LogP contribution in [0.25, 0.3) is 33.0 Å². The molecule has 8 rings (SSSR count). The number of hydrogen-bond acceptors (Lipinski definition) is 1. The van der Waals surface area contributed by atoms with Gasteiger partial charge >= 0.3 is 0 Å². The van der Waals surface area contributed by atoms with Crippen LogP contribution in [0, 0.1) is 23.1 Å². The molecular weight excluding hydrogens is 669 g/mol. The van der Waals surface area contributed by atoms with Gasteiger partial charge in [0.05, 0.1) is 0 Å². The summed E-state index contributed by atoms with van der Waals surface area (Å²) in [5.74, 6) is 3.05. The molecule has 2 aliphatic carbocycles. The summed E-state index contributed by atoms with van der Waals surface area (Å²) >= 11 is 0. The van der Waals surface area contributed by atoms with Crippen LogP contribution in [0.2, 0.25) is 19.6 Å². The van der Waals surface area contributed by atoms with Crippen LogP contribution in [-0.4, -0.2) is 8.07 Å². The van der Waals surface area contributed by atoms with Gasteiger partial charge in [-0.25, -0.2) is 8.78 Å². The van der Waals surface area contributed by atoms with Crippen molar-refractivity contribution in [3.8, 4) is 33.7 Å². The minimum absolute atomic E-state index is 0.190. The van der Waals surface area contributed by atoms with Crippen LogP contribution in [0.4, 0.5) is 25.8 Å². The van der Waals surface area contributed by atoms with Crippen LogP contribution in [-0.2, 0) is 10.8 Å². The third-order valence-corrected chi connectivity index (χ3v) is 13.1. The summed E-state index contributed by atoms with van der Waals surface area (Å²) in [4.78, 5) is 2.37. The van der Waals surface area contributed by atoms with E-state index in [2.05, 4.69) is 136 Å². The van der Waals surface area contributed by atoms with Gasteiger partial charge in [0.1, 0.15) is 19.7 Å². The van der Waals surface area contributed by atoms with Crippen LogP contribution in [0.1, 0.15) is 81.2 Å². The Hall–Kier alpha value is -4.98. The molecule has 0 spiro atoms. The Kier molecular flexibility index (Phi) is 8.50. The topological polar surface area (TPSA) is 3.24 Å². The molecular formula is C49H47F2NSi. The van der Waals surface area contributed by atoms with Crippen molar-refractivity contribution in [3.63, 3.8) is 0 Å². The maximum absolute atomic E-state index is 14.8. The van der Waals surface area contributed by atoms with E-state index in [0.717, 1.165) is 81.3 Å². The van der Waals surface area contributed by atoms with E-state index >= 15 is 0 Å². The van der Waals surface area contributed by atoms with E-state index in [0.29, 0.717) is 0 Å². The zero-order chi connectivity index (χ0) is 37.3. The second-order valence-electron chi connectivity index (χ2n) is 16.0. The fraction of sp³-hybridized carbons (Fsp3) is 0.265. The maximum atomic E-state index is 14.8. The highest BCUT2D eigenvalue weighted by molar-refractivity contribution is 6.83. The van der Waals surface area contributed by atoms with Crippen molar-refractivity contribution in [1.82, 2.24) is 0 Å². The van der Waals surface area contributed by atoms with Gasteiger partial charge in [0.2, 0.25) is 0 Å². The van der Waals surface area contributed by atoms with Gasteiger partial charge in [0.15, 0.2) is 0 Å². The number of benzene rings is 6. The molecule has 0 heterocycles. The van der Waals surface area contributed by atoms with Gasteiger partial charge in [-0.1, -0.05) is 89.7 Å². The molecule has 6 aromatic carbocycles. The molecule has 6 aromatic rings. The first-order chi connectivity index (χ1) is 25.4. The lowest BCUT2D eigenvalue weighted by Crippen LogP contribution is -2.24. The highest BCUT2D eigenvalue weighted by Crippen LogP contribution is 2.56. The molecule has 2 aliphatic rings. The average molecular weight is 716 g/mol. The molecule has 4 heteroatoms. The monoisotopic (exact) mass is 715 g/mol. The van der Waals surface area contributed by atoms with Crippen LogP contribution < -0.4 is 4.90 Å². The third kappa shape index (κ3) is 5.55. The Morgan fingerprint density at radius 3 is 1.36 bits per heavy atom. The first-order valence-corrected chi connectivity index (χ1v) is 22.7. The number of hydrogen-bond donors (Lipinski definition) is 0. The van der Waals surface area contributed by atoms with E-state index < -0.39 is 8.07 Å². The summed E-state index contributed by atoms with van der Waals surface area (Å²) in [6, 6.07) is 37.4. The summed E-state index contributed by atoms with van der Waals surface area (Å²) < 4.78 is 29.6. The van der Waals surface area contributed by atoms with E-state index in [1.165, 1.54) is 22.3 Å². The molecule has 0 amide bonds. The summed E-state index contributed by atoms with van der Waals surface area (Å²) in [5.41, 5.74) is 16.4. The molecule has 0 atom stereocenters. The second-order valence-corrected chi connectivity index (χ2v) is 20.7. The first kappa shape index (κ1) is 35.1. The quantitative estimate of drug-likeness (QED) is 0.117. The molecule has 0 aliphatic heterocycles. The Morgan fingerprint density at radius 2 is 0.887 bits per heavy atom. The highest BCUT2D eigenvalue weighted by atomic mass is 28.3. The Labute approximate surface area is 314 Å². The molecule has 0 saturated carbocycles. The normalized spacial score (nSPS) is 14.6. The molecule has 0 bridgehead atoms. The van der Waals surface area contributed by atoms with Gasteiger partial charge < -0.3 is 4.90 Å². The van der Waals surface area contributed by atoms with Crippen molar-refractivity contribution >= 4 is 35.9 Å². The fourth-order valence-electron chi connectivity index (χ4n) is 9.37. The molecule has 0 radical (unpaired) electrons. The molecule has 1 nitrogen and oxygen atoms in total. The van der Waals surface area contributed by atoms with Crippen LogP contribution in [0.5, 0.6) is 0 Å². The molecule has 0 aromatic heterocycles. The smallest absolute Gasteiger partial charge is 0.129 e. The first-order valence-electron chi connectivity index (χ1n) is 19.2. The minimum Gasteiger partial charge on any atom is -0.310 e. The maximum Gasteiger partial charge on any atom is 0.129 e. The van der Waals surface area contributed by atoms with Gasteiger partial charge in [0, 0.05) is 33.5 Å². The number of halogens is 2. The lowest BCUT2D eigenvalue weighted by atomic mass is 9.73. The van der Waals surface area contributed by atoms with Gasteiger partial charge in [-0.2, -0.15) is 0 Å². The summed E-state index contributed by atoms with van der Waals surface area (Å²) in [6.45, 7) is 15.7. The second kappa shape index (κ2) is 12.9. The van der Waals surface area contributed by atoms with Crippen molar-refractivity contribution in [2.24, 2.45) is 0 Å². The molecule has 0 fully saturated rings. The highest BCUT2D eigenvalue weighted by Gasteiger charge is 2.43. The van der Waals surface area contributed by atoms with Crippen molar-refractivity contribution in [2.75, 3.05) is 4.90 Å². The zero-order valence-electron chi connectivity index (χ0n) is 31.9. The largest absolute Gasteiger partial charge is 0.310 e. The Bertz CT molecular complexity index is 2370. The zero-order valence-corrected chi connectivity index (χ0v) is 32.9. The van der Waals surface area contributed by atoms with Crippen molar-refractivity contribution < 1.29 is 8.78 Å². The van der Waals surface area contributed by atoms with Crippen LogP contribution >= 0.6 is 0 Å². The lowest BCUT2D eigenvalue weighted by molar-refractivity contribution is 0.486.